The van der Waals surface area contributed by atoms with Gasteiger partial charge in [-0.3, -0.25) is 0 Å². The molecule has 0 radical (unpaired) electrons. The molecule has 0 atom stereocenters. The molecule has 0 unspecified atom stereocenters. The number of carbonyl (C=O) groups is 1. The van der Waals surface area contributed by atoms with Gasteiger partial charge in [0.25, 0.3) is 0 Å². The van der Waals surface area contributed by atoms with Crippen LogP contribution in [0.1, 0.15) is 18.1 Å². The van der Waals surface area contributed by atoms with Gasteiger partial charge >= 0.3 is 0 Å². The Labute approximate surface area is 84.5 Å². The molecule has 0 spiro atoms. The van der Waals surface area contributed by atoms with Gasteiger partial charge in [0.1, 0.15) is 6.29 Å². The lowest BCUT2D eigenvalue weighted by Crippen LogP contribution is -2.18. The van der Waals surface area contributed by atoms with Crippen molar-refractivity contribution in [3.63, 3.8) is 0 Å². The molecule has 1 aromatic carbocycles. The molecule has 0 saturated heterocycles. The summed E-state index contributed by atoms with van der Waals surface area (Å²) in [6.07, 6.45) is 2.63. The van der Waals surface area contributed by atoms with E-state index in [2.05, 4.69) is 30.0 Å². The van der Waals surface area contributed by atoms with Crippen LogP contribution < -0.4 is 4.90 Å². The van der Waals surface area contributed by atoms with Crippen LogP contribution in [0, 0.1) is 0 Å². The van der Waals surface area contributed by atoms with Crippen molar-refractivity contribution in [1.82, 2.24) is 0 Å². The van der Waals surface area contributed by atoms with E-state index in [1.165, 1.54) is 11.3 Å². The zero-order valence-electron chi connectivity index (χ0n) is 8.49. The van der Waals surface area contributed by atoms with Gasteiger partial charge in [-0.25, -0.2) is 0 Å². The van der Waals surface area contributed by atoms with Crippen molar-refractivity contribution in [2.24, 2.45) is 0 Å². The quantitative estimate of drug-likeness (QED) is 0.676. The van der Waals surface area contributed by atoms with Crippen molar-refractivity contribution in [2.45, 2.75) is 19.8 Å². The van der Waals surface area contributed by atoms with E-state index in [9.17, 15) is 4.79 Å². The van der Waals surface area contributed by atoms with Crippen LogP contribution in [0.3, 0.4) is 0 Å². The lowest BCUT2D eigenvalue weighted by Gasteiger charge is -2.16. The van der Waals surface area contributed by atoms with Crippen LogP contribution in [0.5, 0.6) is 0 Å². The van der Waals surface area contributed by atoms with Crippen LogP contribution in [-0.4, -0.2) is 19.4 Å². The first-order chi connectivity index (χ1) is 6.85. The van der Waals surface area contributed by atoms with Crippen molar-refractivity contribution in [2.75, 3.05) is 18.0 Å². The number of fused-ring (bicyclic) bond motifs is 1. The number of benzene rings is 1. The second-order valence-corrected chi connectivity index (χ2v) is 3.66. The largest absolute Gasteiger partial charge is 0.371 e. The third-order valence-corrected chi connectivity index (χ3v) is 2.84. The predicted molar refractivity (Wildman–Crippen MR) is 57.8 cm³/mol. The summed E-state index contributed by atoms with van der Waals surface area (Å²) in [5.74, 6) is 0. The van der Waals surface area contributed by atoms with Crippen LogP contribution in [-0.2, 0) is 17.6 Å². The van der Waals surface area contributed by atoms with Crippen molar-refractivity contribution in [3.8, 4) is 0 Å². The Bertz CT molecular complexity index is 346. The lowest BCUT2D eigenvalue weighted by atomic mass is 10.1. The van der Waals surface area contributed by atoms with Crippen LogP contribution in [0.4, 0.5) is 5.69 Å². The zero-order chi connectivity index (χ0) is 9.97. The van der Waals surface area contributed by atoms with Gasteiger partial charge in [0, 0.05) is 25.2 Å². The van der Waals surface area contributed by atoms with E-state index in [1.54, 1.807) is 0 Å². The van der Waals surface area contributed by atoms with Gasteiger partial charge in [0.05, 0.1) is 0 Å². The fourth-order valence-electron chi connectivity index (χ4n) is 2.08. The standard InChI is InChI=1S/C12H15NO/c1-2-13-7-5-11-9-10(6-8-14)3-4-12(11)13/h3-4,8-9H,2,5-7H2,1H3. The van der Waals surface area contributed by atoms with Crippen molar-refractivity contribution < 1.29 is 4.79 Å². The smallest absolute Gasteiger partial charge is 0.124 e. The third kappa shape index (κ3) is 1.52. The highest BCUT2D eigenvalue weighted by Crippen LogP contribution is 2.28. The van der Waals surface area contributed by atoms with Gasteiger partial charge in [-0.1, -0.05) is 12.1 Å². The minimum absolute atomic E-state index is 0.541. The van der Waals surface area contributed by atoms with Crippen LogP contribution in [0.15, 0.2) is 18.2 Å². The van der Waals surface area contributed by atoms with E-state index in [0.717, 1.165) is 31.4 Å². The number of aldehydes is 1. The molecule has 0 fully saturated rings. The van der Waals surface area contributed by atoms with E-state index in [-0.39, 0.29) is 0 Å². The molecule has 0 saturated carbocycles. The summed E-state index contributed by atoms with van der Waals surface area (Å²) in [5, 5.41) is 0. The Morgan fingerprint density at radius 2 is 2.36 bits per heavy atom. The van der Waals surface area contributed by atoms with Crippen LogP contribution >= 0.6 is 0 Å². The number of rotatable bonds is 3. The van der Waals surface area contributed by atoms with Gasteiger partial charge in [0.15, 0.2) is 0 Å². The molecule has 0 aliphatic carbocycles. The van der Waals surface area contributed by atoms with E-state index >= 15 is 0 Å². The maximum atomic E-state index is 10.4. The maximum Gasteiger partial charge on any atom is 0.124 e. The van der Waals surface area contributed by atoms with Gasteiger partial charge < -0.3 is 9.69 Å². The lowest BCUT2D eigenvalue weighted by molar-refractivity contribution is -0.107. The number of hydrogen-bond donors (Lipinski definition) is 0. The molecular weight excluding hydrogens is 174 g/mol. The zero-order valence-corrected chi connectivity index (χ0v) is 8.49. The normalized spacial score (nSPS) is 14.2. The Balaban J connectivity index is 2.29. The summed E-state index contributed by atoms with van der Waals surface area (Å²) in [7, 11) is 0. The highest BCUT2D eigenvalue weighted by atomic mass is 16.1. The second kappa shape index (κ2) is 3.82. The SMILES string of the molecule is CCN1CCc2cc(CC=O)ccc21. The van der Waals surface area contributed by atoms with E-state index in [1.807, 2.05) is 0 Å². The molecule has 0 aromatic heterocycles. The molecule has 0 N–H and O–H groups in total. The summed E-state index contributed by atoms with van der Waals surface area (Å²) in [4.78, 5) is 12.8. The Morgan fingerprint density at radius 1 is 1.50 bits per heavy atom. The number of likely N-dealkylation sites (N-methyl/N-ethyl adjacent to an activating group) is 1. The monoisotopic (exact) mass is 189 g/mol. The number of anilines is 1. The van der Waals surface area contributed by atoms with Crippen molar-refractivity contribution in [1.29, 1.82) is 0 Å². The molecule has 14 heavy (non-hydrogen) atoms. The van der Waals surface area contributed by atoms with Crippen molar-refractivity contribution >= 4 is 12.0 Å². The highest BCUT2D eigenvalue weighted by Gasteiger charge is 2.16. The molecular formula is C12H15NO. The first-order valence-electron chi connectivity index (χ1n) is 5.15. The van der Waals surface area contributed by atoms with Gasteiger partial charge in [-0.2, -0.15) is 0 Å². The van der Waals surface area contributed by atoms with Gasteiger partial charge in [-0.15, -0.1) is 0 Å². The first kappa shape index (κ1) is 9.25. The fraction of sp³-hybridized carbons (Fsp3) is 0.417. The third-order valence-electron chi connectivity index (χ3n) is 2.84. The van der Waals surface area contributed by atoms with Gasteiger partial charge in [-0.05, 0) is 30.5 Å². The van der Waals surface area contributed by atoms with Crippen molar-refractivity contribution in [3.05, 3.63) is 29.3 Å². The summed E-state index contributed by atoms with van der Waals surface area (Å²) in [5.41, 5.74) is 3.88. The molecule has 2 heteroatoms. The molecule has 1 aromatic rings. The number of hydrogen-bond acceptors (Lipinski definition) is 2. The van der Waals surface area contributed by atoms with Gasteiger partial charge in [0.2, 0.25) is 0 Å². The second-order valence-electron chi connectivity index (χ2n) is 3.66. The average molecular weight is 189 g/mol. The molecule has 0 bridgehead atoms. The first-order valence-corrected chi connectivity index (χ1v) is 5.15. The van der Waals surface area contributed by atoms with Crippen LogP contribution in [0.2, 0.25) is 0 Å². The van der Waals surface area contributed by atoms with Crippen LogP contribution in [0.25, 0.3) is 0 Å². The molecule has 2 rings (SSSR count). The average Bonchev–Trinajstić information content (AvgIpc) is 2.60. The fourth-order valence-corrected chi connectivity index (χ4v) is 2.08. The van der Waals surface area contributed by atoms with E-state index in [0.29, 0.717) is 6.42 Å². The van der Waals surface area contributed by atoms with E-state index in [4.69, 9.17) is 0 Å². The summed E-state index contributed by atoms with van der Waals surface area (Å²) in [6.45, 7) is 4.37. The Hall–Kier alpha value is -1.31. The molecule has 1 aliphatic heterocycles. The number of carbonyl (C=O) groups excluding carboxylic acids is 1. The Kier molecular flexibility index (Phi) is 2.53. The predicted octanol–water partition coefficient (Wildman–Crippen LogP) is 1.81. The summed E-state index contributed by atoms with van der Waals surface area (Å²) in [6, 6.07) is 6.37. The summed E-state index contributed by atoms with van der Waals surface area (Å²) < 4.78 is 0. The summed E-state index contributed by atoms with van der Waals surface area (Å²) >= 11 is 0. The molecule has 2 nitrogen and oxygen atoms in total. The Morgan fingerprint density at radius 3 is 3.07 bits per heavy atom. The van der Waals surface area contributed by atoms with E-state index < -0.39 is 0 Å². The minimum atomic E-state index is 0.541. The maximum absolute atomic E-state index is 10.4. The molecule has 1 aliphatic rings. The topological polar surface area (TPSA) is 20.3 Å². The minimum Gasteiger partial charge on any atom is -0.371 e. The molecule has 1 heterocycles. The molecule has 74 valence electrons. The molecule has 0 amide bonds. The highest BCUT2D eigenvalue weighted by molar-refractivity contribution is 5.62. The number of nitrogens with zero attached hydrogens (tertiary/aromatic N) is 1.